The van der Waals surface area contributed by atoms with E-state index in [2.05, 4.69) is 27.7 Å². The second-order valence-electron chi connectivity index (χ2n) is 5.81. The highest BCUT2D eigenvalue weighted by atomic mass is 16.5. The van der Waals surface area contributed by atoms with Gasteiger partial charge in [0.15, 0.2) is 0 Å². The van der Waals surface area contributed by atoms with Gasteiger partial charge >= 0.3 is 0 Å². The lowest BCUT2D eigenvalue weighted by Crippen LogP contribution is -2.46. The summed E-state index contributed by atoms with van der Waals surface area (Å²) < 4.78 is 5.86. The predicted octanol–water partition coefficient (Wildman–Crippen LogP) is 3.34. The Morgan fingerprint density at radius 3 is 2.14 bits per heavy atom. The summed E-state index contributed by atoms with van der Waals surface area (Å²) in [7, 11) is 0. The molecule has 1 heterocycles. The molecule has 0 N–H and O–H groups in total. The quantitative estimate of drug-likeness (QED) is 0.625. The monoisotopic (exact) mass is 196 g/mol. The highest BCUT2D eigenvalue weighted by Crippen LogP contribution is 2.48. The van der Waals surface area contributed by atoms with Crippen LogP contribution in [0.5, 0.6) is 0 Å². The largest absolute Gasteiger partial charge is 0.378 e. The molecular weight excluding hydrogens is 172 g/mol. The molecule has 0 radical (unpaired) electrons. The molecule has 2 aliphatic rings. The fraction of sp³-hybridized carbons (Fsp3) is 1.00. The first-order chi connectivity index (χ1) is 6.59. The van der Waals surface area contributed by atoms with Gasteiger partial charge in [-0.15, -0.1) is 0 Å². The summed E-state index contributed by atoms with van der Waals surface area (Å²) in [5, 5.41) is 0. The Morgan fingerprint density at radius 1 is 0.929 bits per heavy atom. The maximum atomic E-state index is 5.86. The first-order valence-corrected chi connectivity index (χ1v) is 6.21. The molecule has 1 aliphatic heterocycles. The normalized spacial score (nSPS) is 50.1. The van der Waals surface area contributed by atoms with Crippen molar-refractivity contribution in [1.82, 2.24) is 0 Å². The Hall–Kier alpha value is -0.0400. The van der Waals surface area contributed by atoms with Crippen molar-refractivity contribution in [3.8, 4) is 0 Å². The van der Waals surface area contributed by atoms with Crippen LogP contribution in [0.3, 0.4) is 0 Å². The fourth-order valence-electron chi connectivity index (χ4n) is 3.74. The zero-order valence-corrected chi connectivity index (χ0v) is 9.99. The molecular formula is C13H24O. The summed E-state index contributed by atoms with van der Waals surface area (Å²) in [5.74, 6) is 4.42. The van der Waals surface area contributed by atoms with Gasteiger partial charge in [-0.1, -0.05) is 20.8 Å². The van der Waals surface area contributed by atoms with Crippen molar-refractivity contribution in [2.45, 2.75) is 46.6 Å². The molecule has 2 rings (SSSR count). The summed E-state index contributed by atoms with van der Waals surface area (Å²) in [6, 6.07) is 0. The van der Waals surface area contributed by atoms with Gasteiger partial charge in [-0.05, 0) is 49.4 Å². The summed E-state index contributed by atoms with van der Waals surface area (Å²) in [4.78, 5) is 0. The van der Waals surface area contributed by atoms with E-state index in [1.807, 2.05) is 0 Å². The van der Waals surface area contributed by atoms with Gasteiger partial charge in [0.2, 0.25) is 0 Å². The molecule has 1 saturated heterocycles. The van der Waals surface area contributed by atoms with Crippen LogP contribution in [0.4, 0.5) is 0 Å². The summed E-state index contributed by atoms with van der Waals surface area (Å²) in [5.41, 5.74) is 0. The molecule has 2 fully saturated rings. The molecule has 1 nitrogen and oxygen atoms in total. The molecule has 82 valence electrons. The van der Waals surface area contributed by atoms with E-state index in [9.17, 15) is 0 Å². The molecule has 0 aromatic heterocycles. The van der Waals surface area contributed by atoms with Crippen LogP contribution in [0.1, 0.15) is 40.5 Å². The van der Waals surface area contributed by atoms with Crippen molar-refractivity contribution in [3.05, 3.63) is 0 Å². The van der Waals surface area contributed by atoms with Gasteiger partial charge in [0.05, 0.1) is 6.10 Å². The third-order valence-corrected chi connectivity index (χ3v) is 4.47. The van der Waals surface area contributed by atoms with Crippen LogP contribution in [0, 0.1) is 29.6 Å². The lowest BCUT2D eigenvalue weighted by Gasteiger charge is -2.50. The van der Waals surface area contributed by atoms with Gasteiger partial charge < -0.3 is 4.74 Å². The van der Waals surface area contributed by atoms with E-state index in [-0.39, 0.29) is 0 Å². The molecule has 0 aromatic carbocycles. The second kappa shape index (κ2) is 3.84. The maximum Gasteiger partial charge on any atom is 0.0578 e. The predicted molar refractivity (Wildman–Crippen MR) is 59.1 cm³/mol. The first-order valence-electron chi connectivity index (χ1n) is 6.21. The highest BCUT2D eigenvalue weighted by molar-refractivity contribution is 4.92. The molecule has 0 spiro atoms. The molecule has 14 heavy (non-hydrogen) atoms. The smallest absolute Gasteiger partial charge is 0.0578 e. The number of hydrogen-bond acceptors (Lipinski definition) is 1. The van der Waals surface area contributed by atoms with Crippen molar-refractivity contribution in [2.24, 2.45) is 29.6 Å². The van der Waals surface area contributed by atoms with Crippen molar-refractivity contribution in [3.63, 3.8) is 0 Å². The van der Waals surface area contributed by atoms with Gasteiger partial charge in [0.1, 0.15) is 0 Å². The molecule has 1 heteroatoms. The highest BCUT2D eigenvalue weighted by Gasteiger charge is 2.44. The fourth-order valence-corrected chi connectivity index (χ4v) is 3.74. The molecule has 0 amide bonds. The minimum atomic E-state index is 0.501. The summed E-state index contributed by atoms with van der Waals surface area (Å²) in [6.45, 7) is 10.4. The standard InChI is InChI=1S/C13H24O/c1-8-5-12(11(4)14-7-8)13-9(2)6-10(13)3/h8-13H,5-7H2,1-4H3/t8-,9-,10-,11-,12?/m1/s1. The average molecular weight is 196 g/mol. The van der Waals surface area contributed by atoms with Gasteiger partial charge in [-0.3, -0.25) is 0 Å². The summed E-state index contributed by atoms with van der Waals surface area (Å²) in [6.07, 6.45) is 3.32. The molecule has 0 aromatic rings. The van der Waals surface area contributed by atoms with E-state index in [0.717, 1.165) is 36.2 Å². The first kappa shape index (κ1) is 10.5. The molecule has 1 aliphatic carbocycles. The molecule has 1 saturated carbocycles. The van der Waals surface area contributed by atoms with E-state index < -0.39 is 0 Å². The Bertz CT molecular complexity index is 193. The van der Waals surface area contributed by atoms with Crippen LogP contribution < -0.4 is 0 Å². The van der Waals surface area contributed by atoms with Crippen LogP contribution in [0.25, 0.3) is 0 Å². The number of hydrogen-bond donors (Lipinski definition) is 0. The number of rotatable bonds is 1. The average Bonchev–Trinajstić information content (AvgIpc) is 2.11. The minimum absolute atomic E-state index is 0.501. The topological polar surface area (TPSA) is 9.23 Å². The molecule has 5 atom stereocenters. The molecule has 1 unspecified atom stereocenters. The lowest BCUT2D eigenvalue weighted by molar-refractivity contribution is -0.103. The Balaban J connectivity index is 2.00. The number of ether oxygens (including phenoxy) is 1. The van der Waals surface area contributed by atoms with E-state index in [0.29, 0.717) is 6.10 Å². The van der Waals surface area contributed by atoms with Gasteiger partial charge in [-0.25, -0.2) is 0 Å². The van der Waals surface area contributed by atoms with Gasteiger partial charge in [-0.2, -0.15) is 0 Å². The van der Waals surface area contributed by atoms with E-state index in [1.54, 1.807) is 0 Å². The van der Waals surface area contributed by atoms with E-state index in [1.165, 1.54) is 12.8 Å². The van der Waals surface area contributed by atoms with Crippen molar-refractivity contribution in [1.29, 1.82) is 0 Å². The molecule has 0 bridgehead atoms. The van der Waals surface area contributed by atoms with Crippen molar-refractivity contribution < 1.29 is 4.74 Å². The van der Waals surface area contributed by atoms with Crippen LogP contribution in [-0.2, 0) is 4.74 Å². The zero-order chi connectivity index (χ0) is 10.3. The third-order valence-electron chi connectivity index (χ3n) is 4.47. The lowest BCUT2D eigenvalue weighted by atomic mass is 9.58. The minimum Gasteiger partial charge on any atom is -0.378 e. The maximum absolute atomic E-state index is 5.86. The SMILES string of the molecule is C[C@H]1CO[C@H](C)C(C2[C@H](C)C[C@H]2C)C1. The van der Waals surface area contributed by atoms with Crippen LogP contribution in [0.2, 0.25) is 0 Å². The van der Waals surface area contributed by atoms with Crippen LogP contribution in [0.15, 0.2) is 0 Å². The Labute approximate surface area is 88.2 Å². The van der Waals surface area contributed by atoms with Crippen LogP contribution in [-0.4, -0.2) is 12.7 Å². The third kappa shape index (κ3) is 1.71. The zero-order valence-electron chi connectivity index (χ0n) is 9.99. The van der Waals surface area contributed by atoms with Crippen LogP contribution >= 0.6 is 0 Å². The van der Waals surface area contributed by atoms with Gasteiger partial charge in [0.25, 0.3) is 0 Å². The van der Waals surface area contributed by atoms with Gasteiger partial charge in [0, 0.05) is 6.61 Å². The Kier molecular flexibility index (Phi) is 2.88. The second-order valence-corrected chi connectivity index (χ2v) is 5.81. The van der Waals surface area contributed by atoms with Crippen molar-refractivity contribution in [2.75, 3.05) is 6.61 Å². The van der Waals surface area contributed by atoms with E-state index >= 15 is 0 Å². The van der Waals surface area contributed by atoms with Crippen molar-refractivity contribution >= 4 is 0 Å². The summed E-state index contributed by atoms with van der Waals surface area (Å²) >= 11 is 0. The Morgan fingerprint density at radius 2 is 1.57 bits per heavy atom. The van der Waals surface area contributed by atoms with E-state index in [4.69, 9.17) is 4.74 Å².